The van der Waals surface area contributed by atoms with E-state index in [1.165, 1.54) is 30.7 Å². The molecule has 5 nitrogen and oxygen atoms in total. The Morgan fingerprint density at radius 2 is 2.12 bits per heavy atom. The summed E-state index contributed by atoms with van der Waals surface area (Å²) >= 11 is 1.21. The first-order valence-corrected chi connectivity index (χ1v) is 9.27. The maximum Gasteiger partial charge on any atom is 0.230 e. The van der Waals surface area contributed by atoms with E-state index in [0.717, 1.165) is 31.0 Å². The van der Waals surface area contributed by atoms with Crippen LogP contribution in [-0.2, 0) is 24.2 Å². The molecule has 1 N–H and O–H groups in total. The van der Waals surface area contributed by atoms with Gasteiger partial charge in [0.2, 0.25) is 5.91 Å². The Balaban J connectivity index is 1.44. The van der Waals surface area contributed by atoms with Crippen molar-refractivity contribution in [3.05, 3.63) is 41.7 Å². The van der Waals surface area contributed by atoms with E-state index in [1.807, 2.05) is 0 Å². The largest absolute Gasteiger partial charge is 0.355 e. The van der Waals surface area contributed by atoms with E-state index in [4.69, 9.17) is 0 Å². The first kappa shape index (κ1) is 17.0. The number of thioether (sulfide) groups is 1. The van der Waals surface area contributed by atoms with Gasteiger partial charge in [-0.3, -0.25) is 4.79 Å². The van der Waals surface area contributed by atoms with Crippen molar-refractivity contribution in [3.63, 3.8) is 0 Å². The molecule has 0 saturated heterocycles. The van der Waals surface area contributed by atoms with Gasteiger partial charge in [0, 0.05) is 30.8 Å². The summed E-state index contributed by atoms with van der Waals surface area (Å²) < 4.78 is 15.7. The third kappa shape index (κ3) is 4.35. The van der Waals surface area contributed by atoms with Crippen molar-refractivity contribution in [1.29, 1.82) is 0 Å². The molecule has 3 rings (SSSR count). The number of hydrogen-bond donors (Lipinski definition) is 1. The lowest BCUT2D eigenvalue weighted by Crippen LogP contribution is -2.28. The van der Waals surface area contributed by atoms with Crippen molar-refractivity contribution >= 4 is 17.7 Å². The van der Waals surface area contributed by atoms with E-state index in [1.54, 1.807) is 18.2 Å². The van der Waals surface area contributed by atoms with E-state index < -0.39 is 0 Å². The lowest BCUT2D eigenvalue weighted by molar-refractivity contribution is -0.118. The van der Waals surface area contributed by atoms with Crippen LogP contribution in [0.15, 0.2) is 29.2 Å². The second-order valence-electron chi connectivity index (χ2n) is 5.81. The molecule has 0 spiro atoms. The molecule has 2 aromatic rings. The van der Waals surface area contributed by atoms with Crippen LogP contribution in [0.1, 0.15) is 30.9 Å². The second-order valence-corrected chi connectivity index (χ2v) is 6.83. The minimum absolute atomic E-state index is 0.0983. The van der Waals surface area contributed by atoms with Gasteiger partial charge in [-0.25, -0.2) is 4.39 Å². The molecule has 1 aromatic heterocycles. The lowest BCUT2D eigenvalue weighted by atomic mass is 10.2. The SMILES string of the molecule is O=C(CSc1ccccc1F)NCCc1nnc2n1CCCCC2. The predicted molar refractivity (Wildman–Crippen MR) is 91.4 cm³/mol. The molecule has 1 amide bonds. The number of rotatable bonds is 6. The Hall–Kier alpha value is -1.89. The second kappa shape index (κ2) is 8.28. The third-order valence-corrected chi connectivity index (χ3v) is 5.10. The van der Waals surface area contributed by atoms with Gasteiger partial charge in [-0.1, -0.05) is 18.6 Å². The van der Waals surface area contributed by atoms with Crippen LogP contribution in [0, 0.1) is 5.82 Å². The number of fused-ring (bicyclic) bond motifs is 1. The number of carbonyl (C=O) groups is 1. The van der Waals surface area contributed by atoms with Gasteiger partial charge in [-0.05, 0) is 25.0 Å². The molecule has 0 unspecified atom stereocenters. The standard InChI is InChI=1S/C17H21FN4OS/c18-13-6-3-4-7-14(13)24-12-17(23)19-10-9-16-21-20-15-8-2-1-5-11-22(15)16/h3-4,6-7H,1-2,5,8-12H2,(H,19,23). The van der Waals surface area contributed by atoms with Crippen LogP contribution in [0.2, 0.25) is 0 Å². The molecule has 0 aliphatic carbocycles. The molecular formula is C17H21FN4OS. The maximum atomic E-state index is 13.5. The van der Waals surface area contributed by atoms with Gasteiger partial charge in [-0.2, -0.15) is 0 Å². The van der Waals surface area contributed by atoms with Gasteiger partial charge in [-0.15, -0.1) is 22.0 Å². The van der Waals surface area contributed by atoms with Crippen LogP contribution in [0.5, 0.6) is 0 Å². The molecule has 24 heavy (non-hydrogen) atoms. The highest BCUT2D eigenvalue weighted by Gasteiger charge is 2.14. The smallest absolute Gasteiger partial charge is 0.230 e. The van der Waals surface area contributed by atoms with E-state index in [9.17, 15) is 9.18 Å². The zero-order chi connectivity index (χ0) is 16.8. The normalized spacial score (nSPS) is 14.0. The highest BCUT2D eigenvalue weighted by atomic mass is 32.2. The van der Waals surface area contributed by atoms with Gasteiger partial charge < -0.3 is 9.88 Å². The molecule has 0 atom stereocenters. The van der Waals surface area contributed by atoms with Crippen LogP contribution >= 0.6 is 11.8 Å². The van der Waals surface area contributed by atoms with E-state index in [2.05, 4.69) is 20.1 Å². The lowest BCUT2D eigenvalue weighted by Gasteiger charge is -2.08. The Morgan fingerprint density at radius 3 is 3.00 bits per heavy atom. The van der Waals surface area contributed by atoms with Crippen molar-refractivity contribution in [3.8, 4) is 0 Å². The van der Waals surface area contributed by atoms with Crippen molar-refractivity contribution in [1.82, 2.24) is 20.1 Å². The Kier molecular flexibility index (Phi) is 5.85. The summed E-state index contributed by atoms with van der Waals surface area (Å²) in [6.45, 7) is 1.49. The molecule has 1 aliphatic heterocycles. The van der Waals surface area contributed by atoms with Crippen LogP contribution in [0.4, 0.5) is 4.39 Å². The molecule has 0 radical (unpaired) electrons. The number of carbonyl (C=O) groups excluding carboxylic acids is 1. The molecule has 7 heteroatoms. The van der Waals surface area contributed by atoms with E-state index >= 15 is 0 Å². The molecular weight excluding hydrogens is 327 g/mol. The minimum atomic E-state index is -0.290. The number of nitrogens with zero attached hydrogens (tertiary/aromatic N) is 3. The van der Waals surface area contributed by atoms with E-state index in [0.29, 0.717) is 17.9 Å². The average Bonchev–Trinajstić information content (AvgIpc) is 2.81. The minimum Gasteiger partial charge on any atom is -0.355 e. The van der Waals surface area contributed by atoms with Crippen LogP contribution < -0.4 is 5.32 Å². The fourth-order valence-corrected chi connectivity index (χ4v) is 3.57. The number of halogens is 1. The molecule has 0 fully saturated rings. The molecule has 1 aliphatic rings. The fraction of sp³-hybridized carbons (Fsp3) is 0.471. The van der Waals surface area contributed by atoms with Crippen molar-refractivity contribution < 1.29 is 9.18 Å². The summed E-state index contributed by atoms with van der Waals surface area (Å²) in [4.78, 5) is 12.4. The topological polar surface area (TPSA) is 59.8 Å². The first-order chi connectivity index (χ1) is 11.7. The summed E-state index contributed by atoms with van der Waals surface area (Å²) in [7, 11) is 0. The molecule has 1 aromatic carbocycles. The first-order valence-electron chi connectivity index (χ1n) is 8.29. The number of hydrogen-bond acceptors (Lipinski definition) is 4. The number of aromatic nitrogens is 3. The number of nitrogens with one attached hydrogen (secondary N) is 1. The van der Waals surface area contributed by atoms with Gasteiger partial charge in [0.15, 0.2) is 0 Å². The van der Waals surface area contributed by atoms with Crippen LogP contribution in [0.25, 0.3) is 0 Å². The summed E-state index contributed by atoms with van der Waals surface area (Å²) in [5.74, 6) is 1.82. The summed E-state index contributed by atoms with van der Waals surface area (Å²) in [5.41, 5.74) is 0. The third-order valence-electron chi connectivity index (χ3n) is 4.05. The zero-order valence-corrected chi connectivity index (χ0v) is 14.3. The number of benzene rings is 1. The molecule has 128 valence electrons. The van der Waals surface area contributed by atoms with Gasteiger partial charge in [0.25, 0.3) is 0 Å². The quantitative estimate of drug-likeness (QED) is 0.815. The fourth-order valence-electron chi connectivity index (χ4n) is 2.80. The Bertz CT molecular complexity index is 704. The monoisotopic (exact) mass is 348 g/mol. The molecule has 0 bridgehead atoms. The van der Waals surface area contributed by atoms with E-state index in [-0.39, 0.29) is 17.5 Å². The molecule has 0 saturated carbocycles. The van der Waals surface area contributed by atoms with Crippen molar-refractivity contribution in [2.45, 2.75) is 43.5 Å². The molecule has 2 heterocycles. The summed E-state index contributed by atoms with van der Waals surface area (Å²) in [6.07, 6.45) is 5.21. The van der Waals surface area contributed by atoms with Gasteiger partial charge in [0.1, 0.15) is 17.5 Å². The Morgan fingerprint density at radius 1 is 1.25 bits per heavy atom. The van der Waals surface area contributed by atoms with Gasteiger partial charge in [0.05, 0.1) is 5.75 Å². The maximum absolute atomic E-state index is 13.5. The van der Waals surface area contributed by atoms with Gasteiger partial charge >= 0.3 is 0 Å². The van der Waals surface area contributed by atoms with Crippen molar-refractivity contribution in [2.75, 3.05) is 12.3 Å². The number of amides is 1. The van der Waals surface area contributed by atoms with Crippen LogP contribution in [-0.4, -0.2) is 33.0 Å². The highest BCUT2D eigenvalue weighted by molar-refractivity contribution is 8.00. The highest BCUT2D eigenvalue weighted by Crippen LogP contribution is 2.20. The number of aryl methyl sites for hydroxylation is 1. The zero-order valence-electron chi connectivity index (χ0n) is 13.5. The van der Waals surface area contributed by atoms with Crippen molar-refractivity contribution in [2.24, 2.45) is 0 Å². The average molecular weight is 348 g/mol. The Labute approximate surface area is 145 Å². The predicted octanol–water partition coefficient (Wildman–Crippen LogP) is 2.59. The summed E-state index contributed by atoms with van der Waals surface area (Å²) in [5, 5.41) is 11.4. The van der Waals surface area contributed by atoms with Crippen LogP contribution in [0.3, 0.4) is 0 Å². The summed E-state index contributed by atoms with van der Waals surface area (Å²) in [6, 6.07) is 6.48.